The van der Waals surface area contributed by atoms with Crippen molar-refractivity contribution in [1.82, 2.24) is 4.57 Å². The standard InChI is InChI=1S/C26H21F3N2O3S/c1-17-22(25(32)30-18-12-14-20(15-13-18)35(2,33)34)16-31(19-8-4-3-5-9-19)24(17)21-10-6-7-11-23(21)26(27,28)29/h3-16H,1-2H3,(H,30,32). The van der Waals surface area contributed by atoms with Crippen LogP contribution in [0.1, 0.15) is 21.5 Å². The molecule has 0 aliphatic carbocycles. The lowest BCUT2D eigenvalue weighted by atomic mass is 9.99. The Balaban J connectivity index is 1.82. The highest BCUT2D eigenvalue weighted by Gasteiger charge is 2.35. The number of rotatable bonds is 5. The lowest BCUT2D eigenvalue weighted by molar-refractivity contribution is -0.137. The Morgan fingerprint density at radius 2 is 1.49 bits per heavy atom. The van der Waals surface area contributed by atoms with Crippen molar-refractivity contribution in [2.24, 2.45) is 0 Å². The van der Waals surface area contributed by atoms with Crippen molar-refractivity contribution >= 4 is 21.4 Å². The molecule has 0 aliphatic heterocycles. The number of hydrogen-bond acceptors (Lipinski definition) is 3. The monoisotopic (exact) mass is 498 g/mol. The van der Waals surface area contributed by atoms with Gasteiger partial charge in [0, 0.05) is 29.4 Å². The number of aromatic nitrogens is 1. The van der Waals surface area contributed by atoms with Crippen molar-refractivity contribution in [2.75, 3.05) is 11.6 Å². The topological polar surface area (TPSA) is 68.2 Å². The van der Waals surface area contributed by atoms with E-state index in [1.165, 1.54) is 48.7 Å². The van der Waals surface area contributed by atoms with Crippen LogP contribution in [0, 0.1) is 6.92 Å². The normalized spacial score (nSPS) is 11.9. The lowest BCUT2D eigenvalue weighted by Gasteiger charge is -2.16. The van der Waals surface area contributed by atoms with E-state index in [1.807, 2.05) is 0 Å². The van der Waals surface area contributed by atoms with E-state index in [9.17, 15) is 26.4 Å². The van der Waals surface area contributed by atoms with Crippen LogP contribution in [-0.4, -0.2) is 25.1 Å². The first kappa shape index (κ1) is 24.3. The number of para-hydroxylation sites is 1. The first-order valence-corrected chi connectivity index (χ1v) is 12.4. The third-order valence-corrected chi connectivity index (χ3v) is 6.69. The number of carbonyl (C=O) groups is 1. The molecule has 1 N–H and O–H groups in total. The molecule has 0 atom stereocenters. The van der Waals surface area contributed by atoms with E-state index in [-0.39, 0.29) is 21.7 Å². The third-order valence-electron chi connectivity index (χ3n) is 5.57. The summed E-state index contributed by atoms with van der Waals surface area (Å²) in [5.41, 5.74) is 0.913. The molecule has 4 aromatic rings. The number of halogens is 3. The first-order chi connectivity index (χ1) is 16.5. The molecule has 0 fully saturated rings. The van der Waals surface area contributed by atoms with Gasteiger partial charge in [-0.15, -0.1) is 0 Å². The van der Waals surface area contributed by atoms with Gasteiger partial charge in [0.1, 0.15) is 0 Å². The Morgan fingerprint density at radius 1 is 0.886 bits per heavy atom. The summed E-state index contributed by atoms with van der Waals surface area (Å²) in [5, 5.41) is 2.70. The molecule has 0 spiro atoms. The summed E-state index contributed by atoms with van der Waals surface area (Å²) in [6.07, 6.45) is -2.00. The van der Waals surface area contributed by atoms with Gasteiger partial charge >= 0.3 is 6.18 Å². The van der Waals surface area contributed by atoms with E-state index in [0.717, 1.165) is 12.3 Å². The second-order valence-electron chi connectivity index (χ2n) is 8.02. The van der Waals surface area contributed by atoms with Gasteiger partial charge in [0.2, 0.25) is 0 Å². The Morgan fingerprint density at radius 3 is 2.09 bits per heavy atom. The maximum absolute atomic E-state index is 13.8. The van der Waals surface area contributed by atoms with Crippen LogP contribution in [0.15, 0.2) is 90.0 Å². The highest BCUT2D eigenvalue weighted by atomic mass is 32.2. The molecule has 0 unspecified atom stereocenters. The quantitative estimate of drug-likeness (QED) is 0.360. The molecule has 0 bridgehead atoms. The summed E-state index contributed by atoms with van der Waals surface area (Å²) < 4.78 is 66.4. The number of nitrogens with one attached hydrogen (secondary N) is 1. The van der Waals surface area contributed by atoms with Crippen LogP contribution < -0.4 is 5.32 Å². The number of anilines is 1. The minimum atomic E-state index is -4.58. The van der Waals surface area contributed by atoms with Crippen LogP contribution in [0.2, 0.25) is 0 Å². The number of benzene rings is 3. The summed E-state index contributed by atoms with van der Waals surface area (Å²) >= 11 is 0. The zero-order chi connectivity index (χ0) is 25.4. The molecule has 5 nitrogen and oxygen atoms in total. The molecule has 9 heteroatoms. The first-order valence-electron chi connectivity index (χ1n) is 10.5. The smallest absolute Gasteiger partial charge is 0.322 e. The van der Waals surface area contributed by atoms with Crippen molar-refractivity contribution in [3.05, 3.63) is 102 Å². The predicted octanol–water partition coefficient (Wildman–Crippen LogP) is 6.13. The molecule has 0 saturated heterocycles. The molecular weight excluding hydrogens is 477 g/mol. The number of carbonyl (C=O) groups excluding carboxylic acids is 1. The van der Waals surface area contributed by atoms with Crippen LogP contribution in [0.5, 0.6) is 0 Å². The molecule has 1 aromatic heterocycles. The maximum atomic E-state index is 13.8. The van der Waals surface area contributed by atoms with Crippen molar-refractivity contribution in [3.8, 4) is 16.9 Å². The van der Waals surface area contributed by atoms with Crippen LogP contribution in [-0.2, 0) is 16.0 Å². The molecule has 35 heavy (non-hydrogen) atoms. The minimum Gasteiger partial charge on any atom is -0.322 e. The van der Waals surface area contributed by atoms with Gasteiger partial charge in [-0.2, -0.15) is 13.2 Å². The number of sulfone groups is 1. The van der Waals surface area contributed by atoms with Crippen LogP contribution >= 0.6 is 0 Å². The van der Waals surface area contributed by atoms with Crippen molar-refractivity contribution in [3.63, 3.8) is 0 Å². The molecule has 1 heterocycles. The average Bonchev–Trinajstić information content (AvgIpc) is 3.16. The maximum Gasteiger partial charge on any atom is 0.417 e. The highest BCUT2D eigenvalue weighted by Crippen LogP contribution is 2.40. The van der Waals surface area contributed by atoms with Gasteiger partial charge in [-0.3, -0.25) is 4.79 Å². The Labute approximate surface area is 200 Å². The van der Waals surface area contributed by atoms with Gasteiger partial charge in [-0.05, 0) is 55.0 Å². The summed E-state index contributed by atoms with van der Waals surface area (Å²) in [6.45, 7) is 1.60. The zero-order valence-corrected chi connectivity index (χ0v) is 19.6. The number of alkyl halides is 3. The van der Waals surface area contributed by atoms with Gasteiger partial charge in [0.15, 0.2) is 9.84 Å². The van der Waals surface area contributed by atoms with E-state index >= 15 is 0 Å². The number of hydrogen-bond donors (Lipinski definition) is 1. The molecule has 0 saturated carbocycles. The van der Waals surface area contributed by atoms with Gasteiger partial charge < -0.3 is 9.88 Å². The van der Waals surface area contributed by atoms with E-state index in [4.69, 9.17) is 0 Å². The van der Waals surface area contributed by atoms with E-state index in [0.29, 0.717) is 16.9 Å². The van der Waals surface area contributed by atoms with Gasteiger partial charge in [-0.1, -0.05) is 36.4 Å². The van der Waals surface area contributed by atoms with Crippen molar-refractivity contribution < 1.29 is 26.4 Å². The van der Waals surface area contributed by atoms with E-state index < -0.39 is 27.5 Å². The molecule has 0 radical (unpaired) electrons. The SMILES string of the molecule is Cc1c(C(=O)Nc2ccc(S(C)(=O)=O)cc2)cn(-c2ccccc2)c1-c1ccccc1C(F)(F)F. The average molecular weight is 499 g/mol. The van der Waals surface area contributed by atoms with Crippen LogP contribution in [0.25, 0.3) is 16.9 Å². The number of amides is 1. The Bertz CT molecular complexity index is 1490. The zero-order valence-electron chi connectivity index (χ0n) is 18.8. The lowest BCUT2D eigenvalue weighted by Crippen LogP contribution is -2.12. The van der Waals surface area contributed by atoms with Gasteiger partial charge in [0.05, 0.1) is 21.7 Å². The molecule has 4 rings (SSSR count). The summed E-state index contributed by atoms with van der Waals surface area (Å²) in [4.78, 5) is 13.3. The largest absolute Gasteiger partial charge is 0.417 e. The second-order valence-corrected chi connectivity index (χ2v) is 10.0. The fourth-order valence-corrected chi connectivity index (χ4v) is 4.50. The van der Waals surface area contributed by atoms with Crippen molar-refractivity contribution in [1.29, 1.82) is 0 Å². The summed E-state index contributed by atoms with van der Waals surface area (Å²) in [7, 11) is -3.39. The molecule has 0 aliphatic rings. The molecule has 1 amide bonds. The Hall–Kier alpha value is -3.85. The molecular formula is C26H21F3N2O3S. The predicted molar refractivity (Wildman–Crippen MR) is 128 cm³/mol. The van der Waals surface area contributed by atoms with Crippen molar-refractivity contribution in [2.45, 2.75) is 18.0 Å². The summed E-state index contributed by atoms with van der Waals surface area (Å²) in [5.74, 6) is -0.532. The van der Waals surface area contributed by atoms with Gasteiger partial charge in [0.25, 0.3) is 5.91 Å². The van der Waals surface area contributed by atoms with E-state index in [2.05, 4.69) is 5.32 Å². The summed E-state index contributed by atoms with van der Waals surface area (Å²) in [6, 6.07) is 19.7. The Kier molecular flexibility index (Phi) is 6.29. The molecule has 180 valence electrons. The molecule has 3 aromatic carbocycles. The fourth-order valence-electron chi connectivity index (χ4n) is 3.87. The number of nitrogens with zero attached hydrogens (tertiary/aromatic N) is 1. The minimum absolute atomic E-state index is 0.0436. The fraction of sp³-hybridized carbons (Fsp3) is 0.115. The third kappa shape index (κ3) is 5.00. The van der Waals surface area contributed by atoms with Crippen LogP contribution in [0.3, 0.4) is 0 Å². The highest BCUT2D eigenvalue weighted by molar-refractivity contribution is 7.90. The van der Waals surface area contributed by atoms with E-state index in [1.54, 1.807) is 41.8 Å². The van der Waals surface area contributed by atoms with Gasteiger partial charge in [-0.25, -0.2) is 8.42 Å². The van der Waals surface area contributed by atoms with Crippen LogP contribution in [0.4, 0.5) is 18.9 Å². The second kappa shape index (κ2) is 9.07.